The number of rotatable bonds is 3. The van der Waals surface area contributed by atoms with Crippen LogP contribution in [0.15, 0.2) is 42.5 Å². The monoisotopic (exact) mass is 308 g/mol. The second kappa shape index (κ2) is 4.96. The van der Waals surface area contributed by atoms with Crippen LogP contribution in [0.25, 0.3) is 0 Å². The van der Waals surface area contributed by atoms with Crippen molar-refractivity contribution in [3.05, 3.63) is 48.0 Å². The van der Waals surface area contributed by atoms with Gasteiger partial charge in [-0.3, -0.25) is 4.79 Å². The van der Waals surface area contributed by atoms with Gasteiger partial charge in [-0.25, -0.2) is 0 Å². The van der Waals surface area contributed by atoms with Gasteiger partial charge in [0, 0.05) is 5.92 Å². The van der Waals surface area contributed by atoms with E-state index in [1.165, 1.54) is 24.8 Å². The number of fused-ring (bicyclic) bond motifs is 4. The molecule has 2 nitrogen and oxygen atoms in total. The normalized spacial score (nSPS) is 43.2. The van der Waals surface area contributed by atoms with Crippen molar-refractivity contribution >= 4 is 5.97 Å². The third-order valence-corrected chi connectivity index (χ3v) is 6.92. The number of allylic oxidation sites excluding steroid dienone is 2. The molecule has 5 rings (SSSR count). The zero-order chi connectivity index (χ0) is 15.4. The maximum Gasteiger partial charge on any atom is 0.310 e. The zero-order valence-corrected chi connectivity index (χ0v) is 13.5. The maximum atomic E-state index is 13.0. The van der Waals surface area contributed by atoms with Crippen molar-refractivity contribution in [1.29, 1.82) is 0 Å². The fraction of sp³-hybridized carbons (Fsp3) is 0.571. The molecular weight excluding hydrogens is 284 g/mol. The maximum absolute atomic E-state index is 13.0. The van der Waals surface area contributed by atoms with Gasteiger partial charge in [-0.05, 0) is 61.8 Å². The third kappa shape index (κ3) is 2.03. The number of benzene rings is 1. The van der Waals surface area contributed by atoms with E-state index in [2.05, 4.69) is 36.4 Å². The summed E-state index contributed by atoms with van der Waals surface area (Å²) < 4.78 is 6.38. The van der Waals surface area contributed by atoms with Gasteiger partial charge in [0.05, 0.1) is 5.92 Å². The summed E-state index contributed by atoms with van der Waals surface area (Å²) in [7, 11) is 0. The lowest BCUT2D eigenvalue weighted by molar-refractivity contribution is -0.174. The van der Waals surface area contributed by atoms with Crippen molar-refractivity contribution in [3.8, 4) is 0 Å². The van der Waals surface area contributed by atoms with Crippen LogP contribution in [-0.4, -0.2) is 5.97 Å². The van der Waals surface area contributed by atoms with Gasteiger partial charge < -0.3 is 4.74 Å². The number of esters is 1. The molecule has 1 aromatic rings. The number of hydrogen-bond acceptors (Lipinski definition) is 2. The van der Waals surface area contributed by atoms with Gasteiger partial charge in [-0.1, -0.05) is 42.5 Å². The molecule has 6 atom stereocenters. The fourth-order valence-corrected chi connectivity index (χ4v) is 5.84. The average molecular weight is 308 g/mol. The SMILES string of the molecule is O=C(OC1(c2ccccc2)CC2CCC1C2)C1CC2C=CC1C2. The molecule has 3 fully saturated rings. The Morgan fingerprint density at radius 2 is 1.91 bits per heavy atom. The van der Waals surface area contributed by atoms with Crippen molar-refractivity contribution in [3.63, 3.8) is 0 Å². The molecule has 0 aliphatic heterocycles. The predicted molar refractivity (Wildman–Crippen MR) is 88.5 cm³/mol. The van der Waals surface area contributed by atoms with Crippen molar-refractivity contribution in [2.45, 2.75) is 44.1 Å². The molecule has 4 aliphatic rings. The summed E-state index contributed by atoms with van der Waals surface area (Å²) in [6, 6.07) is 10.5. The second-order valence-corrected chi connectivity index (χ2v) is 8.14. The van der Waals surface area contributed by atoms with E-state index in [0.717, 1.165) is 25.2 Å². The largest absolute Gasteiger partial charge is 0.454 e. The van der Waals surface area contributed by atoms with Crippen LogP contribution in [-0.2, 0) is 15.1 Å². The first kappa shape index (κ1) is 13.8. The summed E-state index contributed by atoms with van der Waals surface area (Å²) in [5.41, 5.74) is 0.881. The van der Waals surface area contributed by atoms with Gasteiger partial charge >= 0.3 is 5.97 Å². The van der Waals surface area contributed by atoms with Crippen LogP contribution < -0.4 is 0 Å². The predicted octanol–water partition coefficient (Wildman–Crippen LogP) is 4.46. The third-order valence-electron chi connectivity index (χ3n) is 6.92. The standard InChI is InChI=1S/C21H24O2/c22-20(19-12-14-6-8-16(19)10-14)23-21(17-4-2-1-3-5-17)13-15-7-9-18(21)11-15/h1-6,8,14-16,18-19H,7,9-13H2. The molecule has 23 heavy (non-hydrogen) atoms. The van der Waals surface area contributed by atoms with Crippen LogP contribution in [0, 0.1) is 29.6 Å². The molecular formula is C21H24O2. The molecule has 120 valence electrons. The lowest BCUT2D eigenvalue weighted by atomic mass is 9.78. The van der Waals surface area contributed by atoms with Crippen LogP contribution >= 0.6 is 0 Å². The van der Waals surface area contributed by atoms with Crippen LogP contribution in [0.4, 0.5) is 0 Å². The number of carbonyl (C=O) groups is 1. The molecule has 0 heterocycles. The van der Waals surface area contributed by atoms with Crippen LogP contribution in [0.2, 0.25) is 0 Å². The summed E-state index contributed by atoms with van der Waals surface area (Å²) >= 11 is 0. The van der Waals surface area contributed by atoms with E-state index in [9.17, 15) is 4.79 Å². The van der Waals surface area contributed by atoms with Gasteiger partial charge in [0.15, 0.2) is 0 Å². The van der Waals surface area contributed by atoms with Crippen LogP contribution in [0.1, 0.15) is 44.1 Å². The average Bonchev–Trinajstić information content (AvgIpc) is 3.36. The van der Waals surface area contributed by atoms with Crippen molar-refractivity contribution < 1.29 is 9.53 Å². The van der Waals surface area contributed by atoms with E-state index in [1.54, 1.807) is 0 Å². The molecule has 0 N–H and O–H groups in total. The number of ether oxygens (including phenoxy) is 1. The topological polar surface area (TPSA) is 26.3 Å². The van der Waals surface area contributed by atoms with E-state index in [0.29, 0.717) is 17.8 Å². The highest BCUT2D eigenvalue weighted by Gasteiger charge is 2.55. The molecule has 3 saturated carbocycles. The lowest BCUT2D eigenvalue weighted by Crippen LogP contribution is -2.40. The molecule has 2 heteroatoms. The van der Waals surface area contributed by atoms with Crippen molar-refractivity contribution in [2.24, 2.45) is 29.6 Å². The zero-order valence-electron chi connectivity index (χ0n) is 13.5. The van der Waals surface area contributed by atoms with Gasteiger partial charge in [0.25, 0.3) is 0 Å². The highest BCUT2D eigenvalue weighted by atomic mass is 16.6. The summed E-state index contributed by atoms with van der Waals surface area (Å²) in [6.45, 7) is 0. The molecule has 0 radical (unpaired) electrons. The summed E-state index contributed by atoms with van der Waals surface area (Å²) in [5, 5.41) is 0. The highest BCUT2D eigenvalue weighted by Crippen LogP contribution is 2.58. The first-order chi connectivity index (χ1) is 11.2. The minimum absolute atomic E-state index is 0.0678. The molecule has 0 aromatic heterocycles. The Bertz CT molecular complexity index is 649. The van der Waals surface area contributed by atoms with Crippen molar-refractivity contribution in [2.75, 3.05) is 0 Å². The van der Waals surface area contributed by atoms with E-state index < -0.39 is 0 Å². The van der Waals surface area contributed by atoms with Crippen LogP contribution in [0.5, 0.6) is 0 Å². The lowest BCUT2D eigenvalue weighted by Gasteiger charge is -2.39. The number of hydrogen-bond donors (Lipinski definition) is 0. The fourth-order valence-electron chi connectivity index (χ4n) is 5.84. The van der Waals surface area contributed by atoms with E-state index in [-0.39, 0.29) is 17.5 Å². The Morgan fingerprint density at radius 3 is 2.52 bits per heavy atom. The van der Waals surface area contributed by atoms with Crippen molar-refractivity contribution in [1.82, 2.24) is 0 Å². The van der Waals surface area contributed by atoms with Gasteiger partial charge in [-0.15, -0.1) is 0 Å². The molecule has 4 aliphatic carbocycles. The first-order valence-corrected chi connectivity index (χ1v) is 9.21. The Morgan fingerprint density at radius 1 is 1.04 bits per heavy atom. The quantitative estimate of drug-likeness (QED) is 0.609. The minimum Gasteiger partial charge on any atom is -0.454 e. The molecule has 0 saturated heterocycles. The summed E-state index contributed by atoms with van der Waals surface area (Å²) in [4.78, 5) is 13.0. The number of carbonyl (C=O) groups excluding carboxylic acids is 1. The second-order valence-electron chi connectivity index (χ2n) is 8.14. The van der Waals surface area contributed by atoms with Gasteiger partial charge in [-0.2, -0.15) is 0 Å². The van der Waals surface area contributed by atoms with E-state index in [4.69, 9.17) is 4.74 Å². The van der Waals surface area contributed by atoms with E-state index >= 15 is 0 Å². The smallest absolute Gasteiger partial charge is 0.310 e. The Hall–Kier alpha value is -1.57. The molecule has 0 amide bonds. The first-order valence-electron chi connectivity index (χ1n) is 9.21. The molecule has 0 spiro atoms. The van der Waals surface area contributed by atoms with Crippen LogP contribution in [0.3, 0.4) is 0 Å². The van der Waals surface area contributed by atoms with Gasteiger partial charge in [0.2, 0.25) is 0 Å². The van der Waals surface area contributed by atoms with E-state index in [1.807, 2.05) is 6.07 Å². The molecule has 4 bridgehead atoms. The molecule has 1 aromatic carbocycles. The Kier molecular flexibility index (Phi) is 2.98. The van der Waals surface area contributed by atoms with Gasteiger partial charge in [0.1, 0.15) is 5.60 Å². The Balaban J connectivity index is 1.45. The summed E-state index contributed by atoms with van der Waals surface area (Å²) in [6.07, 6.45) is 11.5. The molecule has 6 unspecified atom stereocenters. The summed E-state index contributed by atoms with van der Waals surface area (Å²) in [5.74, 6) is 2.48. The Labute approximate surface area is 137 Å². The highest BCUT2D eigenvalue weighted by molar-refractivity contribution is 5.75. The minimum atomic E-state index is -0.340.